The Bertz CT molecular complexity index is 1580. The Labute approximate surface area is 203 Å². The summed E-state index contributed by atoms with van der Waals surface area (Å²) in [6, 6.07) is 28.6. The van der Waals surface area contributed by atoms with Gasteiger partial charge < -0.3 is 15.6 Å². The molecule has 168 valence electrons. The number of aliphatic imine (C=N–C) groups is 1. The van der Waals surface area contributed by atoms with E-state index in [4.69, 9.17) is 4.99 Å². The van der Waals surface area contributed by atoms with Gasteiger partial charge in [-0.05, 0) is 65.2 Å². The number of nitrogens with zero attached hydrogens (tertiary/aromatic N) is 3. The molecule has 0 fully saturated rings. The van der Waals surface area contributed by atoms with Crippen LogP contribution in [0, 0.1) is 11.3 Å². The number of benzene rings is 3. The third-order valence-electron chi connectivity index (χ3n) is 6.26. The van der Waals surface area contributed by atoms with Crippen LogP contribution in [-0.2, 0) is 6.42 Å². The van der Waals surface area contributed by atoms with Crippen molar-refractivity contribution in [2.45, 2.75) is 12.6 Å². The predicted molar refractivity (Wildman–Crippen MR) is 142 cm³/mol. The lowest BCUT2D eigenvalue weighted by Gasteiger charge is -2.17. The number of pyridine rings is 1. The lowest BCUT2D eigenvalue weighted by Crippen LogP contribution is -2.26. The third-order valence-corrected chi connectivity index (χ3v) is 6.26. The summed E-state index contributed by atoms with van der Waals surface area (Å²) in [4.78, 5) is 12.3. The van der Waals surface area contributed by atoms with Gasteiger partial charge >= 0.3 is 0 Å². The van der Waals surface area contributed by atoms with Crippen LogP contribution in [0.25, 0.3) is 33.3 Å². The lowest BCUT2D eigenvalue weighted by molar-refractivity contribution is 1.02. The van der Waals surface area contributed by atoms with E-state index in [1.54, 1.807) is 12.4 Å². The Hall–Kier alpha value is -4.89. The first-order valence-electron chi connectivity index (χ1n) is 11.5. The monoisotopic (exact) mass is 454 g/mol. The normalized spacial score (nSPS) is 12.8. The smallest absolute Gasteiger partial charge is 0.187 e. The highest BCUT2D eigenvalue weighted by Crippen LogP contribution is 2.39. The Morgan fingerprint density at radius 3 is 2.43 bits per heavy atom. The molecule has 1 unspecified atom stereocenters. The molecule has 35 heavy (non-hydrogen) atoms. The van der Waals surface area contributed by atoms with Gasteiger partial charge in [-0.15, -0.1) is 0 Å². The van der Waals surface area contributed by atoms with Crippen LogP contribution in [0.2, 0.25) is 0 Å². The fourth-order valence-electron chi connectivity index (χ4n) is 4.55. The van der Waals surface area contributed by atoms with Gasteiger partial charge in [0.1, 0.15) is 6.07 Å². The molecule has 0 radical (unpaired) electrons. The van der Waals surface area contributed by atoms with E-state index in [1.807, 2.05) is 60.8 Å². The molecular weight excluding hydrogens is 432 g/mol. The van der Waals surface area contributed by atoms with Crippen LogP contribution < -0.4 is 10.6 Å². The molecule has 6 rings (SSSR count). The predicted octanol–water partition coefficient (Wildman–Crippen LogP) is 6.53. The standard InChI is InChI=1S/C29H22N6/c30-18-28(33-21-7-5-19(6-8-21)20-11-14-31-15-12-20)34-22-9-10-25-27(17-22)32-16-13-24-23-3-1-2-4-26(23)35-29(24)25/h1-12,14-17,28,33-35H,13H2. The minimum absolute atomic E-state index is 0.599. The molecule has 6 heteroatoms. The SMILES string of the molecule is N#CC(Nc1ccc(-c2ccncc2)cc1)Nc1ccc2c(c1)N=CCc1c-2[nH]c2ccccc12. The minimum atomic E-state index is -0.599. The zero-order valence-corrected chi connectivity index (χ0v) is 18.9. The number of fused-ring (bicyclic) bond motifs is 5. The Morgan fingerprint density at radius 1 is 0.857 bits per heavy atom. The number of aromatic nitrogens is 2. The van der Waals surface area contributed by atoms with Gasteiger partial charge in [-0.2, -0.15) is 5.26 Å². The summed E-state index contributed by atoms with van der Waals surface area (Å²) in [6.45, 7) is 0. The van der Waals surface area contributed by atoms with Gasteiger partial charge in [0, 0.05) is 52.9 Å². The van der Waals surface area contributed by atoms with Crippen molar-refractivity contribution in [3.8, 4) is 28.5 Å². The first-order chi connectivity index (χ1) is 17.3. The maximum absolute atomic E-state index is 9.76. The second-order valence-corrected chi connectivity index (χ2v) is 8.44. The van der Waals surface area contributed by atoms with Gasteiger partial charge in [0.05, 0.1) is 11.4 Å². The number of rotatable bonds is 5. The van der Waals surface area contributed by atoms with E-state index in [9.17, 15) is 5.26 Å². The third kappa shape index (κ3) is 4.00. The van der Waals surface area contributed by atoms with E-state index in [-0.39, 0.29) is 0 Å². The van der Waals surface area contributed by atoms with Crippen molar-refractivity contribution in [1.29, 1.82) is 5.26 Å². The molecule has 1 aliphatic heterocycles. The number of nitriles is 1. The zero-order chi connectivity index (χ0) is 23.6. The highest BCUT2D eigenvalue weighted by atomic mass is 15.1. The topological polar surface area (TPSA) is 88.9 Å². The van der Waals surface area contributed by atoms with Crippen molar-refractivity contribution >= 4 is 34.2 Å². The average Bonchev–Trinajstić information content (AvgIpc) is 3.18. The highest BCUT2D eigenvalue weighted by molar-refractivity contribution is 5.97. The van der Waals surface area contributed by atoms with Gasteiger partial charge in [-0.25, -0.2) is 0 Å². The first-order valence-corrected chi connectivity index (χ1v) is 11.5. The largest absolute Gasteiger partial charge is 0.354 e. The highest BCUT2D eigenvalue weighted by Gasteiger charge is 2.18. The average molecular weight is 455 g/mol. The second kappa shape index (κ2) is 8.81. The molecule has 6 nitrogen and oxygen atoms in total. The Balaban J connectivity index is 1.22. The van der Waals surface area contributed by atoms with Crippen LogP contribution in [0.3, 0.4) is 0 Å². The number of anilines is 2. The summed E-state index contributed by atoms with van der Waals surface area (Å²) in [5, 5.41) is 17.5. The second-order valence-electron chi connectivity index (χ2n) is 8.44. The van der Waals surface area contributed by atoms with Crippen LogP contribution in [0.15, 0.2) is 96.2 Å². The fourth-order valence-corrected chi connectivity index (χ4v) is 4.55. The van der Waals surface area contributed by atoms with Gasteiger partial charge in [0.25, 0.3) is 0 Å². The van der Waals surface area contributed by atoms with E-state index in [2.05, 4.69) is 50.9 Å². The van der Waals surface area contributed by atoms with E-state index in [1.165, 1.54) is 10.9 Å². The number of hydrogen-bond acceptors (Lipinski definition) is 5. The molecule has 3 heterocycles. The first kappa shape index (κ1) is 20.7. The quantitative estimate of drug-likeness (QED) is 0.263. The Kier molecular flexibility index (Phi) is 5.21. The van der Waals surface area contributed by atoms with E-state index in [0.29, 0.717) is 0 Å². The van der Waals surface area contributed by atoms with E-state index >= 15 is 0 Å². The van der Waals surface area contributed by atoms with Crippen molar-refractivity contribution in [1.82, 2.24) is 9.97 Å². The van der Waals surface area contributed by atoms with Crippen molar-refractivity contribution in [3.05, 3.63) is 96.8 Å². The van der Waals surface area contributed by atoms with Gasteiger partial charge in [0.15, 0.2) is 6.17 Å². The van der Waals surface area contributed by atoms with Crippen LogP contribution in [0.4, 0.5) is 17.1 Å². The number of para-hydroxylation sites is 1. The van der Waals surface area contributed by atoms with Crippen LogP contribution in [0.1, 0.15) is 5.56 Å². The molecule has 0 bridgehead atoms. The summed E-state index contributed by atoms with van der Waals surface area (Å²) in [5.74, 6) is 0. The molecule has 0 saturated carbocycles. The van der Waals surface area contributed by atoms with Crippen molar-refractivity contribution in [2.75, 3.05) is 10.6 Å². The van der Waals surface area contributed by atoms with Crippen LogP contribution in [-0.4, -0.2) is 22.3 Å². The van der Waals surface area contributed by atoms with Crippen molar-refractivity contribution in [3.63, 3.8) is 0 Å². The van der Waals surface area contributed by atoms with E-state index < -0.39 is 6.17 Å². The van der Waals surface area contributed by atoms with Gasteiger partial charge in [-0.1, -0.05) is 30.3 Å². The van der Waals surface area contributed by atoms with Crippen LogP contribution in [0.5, 0.6) is 0 Å². The molecule has 0 aliphatic carbocycles. The molecule has 1 atom stereocenters. The van der Waals surface area contributed by atoms with Crippen molar-refractivity contribution < 1.29 is 0 Å². The molecule has 0 saturated heterocycles. The zero-order valence-electron chi connectivity index (χ0n) is 18.9. The summed E-state index contributed by atoms with van der Waals surface area (Å²) >= 11 is 0. The minimum Gasteiger partial charge on any atom is -0.354 e. The van der Waals surface area contributed by atoms with Crippen molar-refractivity contribution in [2.24, 2.45) is 4.99 Å². The lowest BCUT2D eigenvalue weighted by atomic mass is 10.0. The number of aromatic amines is 1. The molecular formula is C29H22N6. The maximum atomic E-state index is 9.76. The molecule has 3 aromatic carbocycles. The summed E-state index contributed by atoms with van der Waals surface area (Å²) < 4.78 is 0. The molecule has 0 spiro atoms. The number of H-pyrrole nitrogens is 1. The molecule has 5 aromatic rings. The van der Waals surface area contributed by atoms with Crippen LogP contribution >= 0.6 is 0 Å². The fraction of sp³-hybridized carbons (Fsp3) is 0.0690. The Morgan fingerprint density at radius 2 is 1.60 bits per heavy atom. The molecule has 1 aliphatic rings. The molecule has 2 aromatic heterocycles. The summed E-state index contributed by atoms with van der Waals surface area (Å²) in [6.07, 6.45) is 5.69. The number of hydrogen-bond donors (Lipinski definition) is 3. The maximum Gasteiger partial charge on any atom is 0.187 e. The summed E-state index contributed by atoms with van der Waals surface area (Å²) in [5.41, 5.74) is 9.31. The van der Waals surface area contributed by atoms with E-state index in [0.717, 1.165) is 51.4 Å². The molecule has 0 amide bonds. The summed E-state index contributed by atoms with van der Waals surface area (Å²) in [7, 11) is 0. The van der Waals surface area contributed by atoms with Gasteiger partial charge in [0.2, 0.25) is 0 Å². The molecule has 3 N–H and O–H groups in total. The number of nitrogens with one attached hydrogen (secondary N) is 3. The van der Waals surface area contributed by atoms with Gasteiger partial charge in [-0.3, -0.25) is 9.98 Å².